The Hall–Kier alpha value is -3.96. The van der Waals surface area contributed by atoms with Crippen molar-refractivity contribution in [3.05, 3.63) is 77.3 Å². The fourth-order valence-electron chi connectivity index (χ4n) is 3.35. The second-order valence-electron chi connectivity index (χ2n) is 7.96. The standard InChI is InChI=1S/C24H22ClN7O/c1-15(2)23(28-24(33)22-11-21(29-30-22)18-4-3-8-27-13-18)14-32-9-7-20(31-32)16-5-6-17(12-26)19(25)10-16/h3-11,13,15,23H,14H2,1-2H3,(H,28,33)(H,29,30). The molecule has 0 fully saturated rings. The number of pyridine rings is 1. The van der Waals surface area contributed by atoms with Gasteiger partial charge in [-0.15, -0.1) is 0 Å². The Kier molecular flexibility index (Phi) is 6.52. The van der Waals surface area contributed by atoms with E-state index in [-0.39, 0.29) is 17.9 Å². The number of nitrogens with zero attached hydrogens (tertiary/aromatic N) is 5. The topological polar surface area (TPSA) is 112 Å². The van der Waals surface area contributed by atoms with E-state index >= 15 is 0 Å². The fourth-order valence-corrected chi connectivity index (χ4v) is 3.58. The van der Waals surface area contributed by atoms with E-state index in [1.165, 1.54) is 0 Å². The molecular formula is C24H22ClN7O. The molecule has 4 rings (SSSR count). The summed E-state index contributed by atoms with van der Waals surface area (Å²) in [5.41, 5.74) is 3.86. The Morgan fingerprint density at radius 2 is 2.06 bits per heavy atom. The number of carbonyl (C=O) groups is 1. The first-order valence-corrected chi connectivity index (χ1v) is 10.8. The lowest BCUT2D eigenvalue weighted by atomic mass is 10.0. The molecule has 4 aromatic rings. The number of aromatic amines is 1. The maximum Gasteiger partial charge on any atom is 0.269 e. The van der Waals surface area contributed by atoms with E-state index in [4.69, 9.17) is 16.9 Å². The molecule has 33 heavy (non-hydrogen) atoms. The Labute approximate surface area is 196 Å². The highest BCUT2D eigenvalue weighted by molar-refractivity contribution is 6.32. The number of rotatable bonds is 7. The highest BCUT2D eigenvalue weighted by atomic mass is 35.5. The van der Waals surface area contributed by atoms with E-state index in [9.17, 15) is 4.79 Å². The number of aromatic nitrogens is 5. The van der Waals surface area contributed by atoms with Gasteiger partial charge in [0.05, 0.1) is 34.6 Å². The number of amides is 1. The monoisotopic (exact) mass is 459 g/mol. The van der Waals surface area contributed by atoms with Crippen LogP contribution < -0.4 is 5.32 Å². The Morgan fingerprint density at radius 3 is 2.76 bits per heavy atom. The number of halogens is 1. The Morgan fingerprint density at radius 1 is 1.21 bits per heavy atom. The number of nitrogens with one attached hydrogen (secondary N) is 2. The molecule has 0 bridgehead atoms. The van der Waals surface area contributed by atoms with Crippen LogP contribution in [-0.2, 0) is 6.54 Å². The van der Waals surface area contributed by atoms with Crippen LogP contribution in [0.3, 0.4) is 0 Å². The SMILES string of the molecule is CC(C)C(Cn1ccc(-c2ccc(C#N)c(Cl)c2)n1)NC(=O)c1cc(-c2cccnc2)n[nH]1. The molecule has 0 spiro atoms. The lowest BCUT2D eigenvalue weighted by Gasteiger charge is -2.22. The molecule has 166 valence electrons. The third kappa shape index (κ3) is 5.10. The summed E-state index contributed by atoms with van der Waals surface area (Å²) in [6.07, 6.45) is 5.25. The van der Waals surface area contributed by atoms with E-state index in [0.717, 1.165) is 16.8 Å². The third-order valence-electron chi connectivity index (χ3n) is 5.31. The van der Waals surface area contributed by atoms with Gasteiger partial charge in [0.25, 0.3) is 5.91 Å². The van der Waals surface area contributed by atoms with Gasteiger partial charge in [0.15, 0.2) is 0 Å². The minimum absolute atomic E-state index is 0.153. The molecule has 1 atom stereocenters. The quantitative estimate of drug-likeness (QED) is 0.427. The predicted octanol–water partition coefficient (Wildman–Crippen LogP) is 4.31. The molecular weight excluding hydrogens is 438 g/mol. The fraction of sp³-hybridized carbons (Fsp3) is 0.208. The minimum Gasteiger partial charge on any atom is -0.346 e. The van der Waals surface area contributed by atoms with Crippen molar-refractivity contribution in [2.75, 3.05) is 0 Å². The zero-order valence-corrected chi connectivity index (χ0v) is 18.9. The largest absolute Gasteiger partial charge is 0.346 e. The summed E-state index contributed by atoms with van der Waals surface area (Å²) in [6.45, 7) is 4.59. The van der Waals surface area contributed by atoms with Crippen LogP contribution in [0.4, 0.5) is 0 Å². The van der Waals surface area contributed by atoms with Crippen molar-refractivity contribution >= 4 is 17.5 Å². The molecule has 1 aromatic carbocycles. The van der Waals surface area contributed by atoms with Gasteiger partial charge >= 0.3 is 0 Å². The van der Waals surface area contributed by atoms with Gasteiger partial charge in [0.2, 0.25) is 0 Å². The van der Waals surface area contributed by atoms with Crippen LogP contribution in [0, 0.1) is 17.2 Å². The van der Waals surface area contributed by atoms with Gasteiger partial charge in [-0.2, -0.15) is 15.5 Å². The molecule has 0 aliphatic carbocycles. The molecule has 0 saturated carbocycles. The number of benzene rings is 1. The molecule has 1 unspecified atom stereocenters. The number of hydrogen-bond acceptors (Lipinski definition) is 5. The van der Waals surface area contributed by atoms with Crippen LogP contribution in [0.5, 0.6) is 0 Å². The smallest absolute Gasteiger partial charge is 0.269 e. The van der Waals surface area contributed by atoms with Crippen molar-refractivity contribution in [3.63, 3.8) is 0 Å². The van der Waals surface area contributed by atoms with Gasteiger partial charge in [0.1, 0.15) is 11.8 Å². The summed E-state index contributed by atoms with van der Waals surface area (Å²) in [7, 11) is 0. The van der Waals surface area contributed by atoms with Gasteiger partial charge in [-0.25, -0.2) is 0 Å². The van der Waals surface area contributed by atoms with E-state index in [2.05, 4.69) is 31.7 Å². The molecule has 3 heterocycles. The number of carbonyl (C=O) groups excluding carboxylic acids is 1. The lowest BCUT2D eigenvalue weighted by Crippen LogP contribution is -2.41. The first-order valence-electron chi connectivity index (χ1n) is 10.4. The summed E-state index contributed by atoms with van der Waals surface area (Å²) in [5.74, 6) is -0.0609. The Bertz CT molecular complexity index is 1300. The van der Waals surface area contributed by atoms with Gasteiger partial charge in [-0.05, 0) is 42.3 Å². The van der Waals surface area contributed by atoms with Crippen molar-refractivity contribution in [3.8, 4) is 28.6 Å². The zero-order chi connectivity index (χ0) is 23.4. The summed E-state index contributed by atoms with van der Waals surface area (Å²) in [4.78, 5) is 16.9. The van der Waals surface area contributed by atoms with E-state index in [0.29, 0.717) is 28.5 Å². The number of nitriles is 1. The summed E-state index contributed by atoms with van der Waals surface area (Å²) in [5, 5.41) is 24.2. The van der Waals surface area contributed by atoms with Gasteiger partial charge < -0.3 is 5.32 Å². The average Bonchev–Trinajstić information content (AvgIpc) is 3.49. The van der Waals surface area contributed by atoms with Crippen LogP contribution in [0.1, 0.15) is 29.9 Å². The van der Waals surface area contributed by atoms with Crippen molar-refractivity contribution in [1.82, 2.24) is 30.3 Å². The summed E-state index contributed by atoms with van der Waals surface area (Å²) in [6, 6.07) is 14.4. The van der Waals surface area contributed by atoms with Gasteiger partial charge in [0, 0.05) is 29.7 Å². The number of hydrogen-bond donors (Lipinski definition) is 2. The van der Waals surface area contributed by atoms with Gasteiger partial charge in [-0.3, -0.25) is 19.6 Å². The molecule has 3 aromatic heterocycles. The van der Waals surface area contributed by atoms with Crippen LogP contribution >= 0.6 is 11.6 Å². The van der Waals surface area contributed by atoms with Gasteiger partial charge in [-0.1, -0.05) is 31.5 Å². The van der Waals surface area contributed by atoms with Crippen LogP contribution in [0.2, 0.25) is 5.02 Å². The van der Waals surface area contributed by atoms with E-state index in [1.807, 2.05) is 44.3 Å². The van der Waals surface area contributed by atoms with Crippen molar-refractivity contribution in [2.24, 2.45) is 5.92 Å². The second-order valence-corrected chi connectivity index (χ2v) is 8.37. The zero-order valence-electron chi connectivity index (χ0n) is 18.2. The third-order valence-corrected chi connectivity index (χ3v) is 5.62. The average molecular weight is 460 g/mol. The summed E-state index contributed by atoms with van der Waals surface area (Å²) >= 11 is 6.15. The second kappa shape index (κ2) is 9.67. The maximum atomic E-state index is 12.9. The highest BCUT2D eigenvalue weighted by Gasteiger charge is 2.20. The highest BCUT2D eigenvalue weighted by Crippen LogP contribution is 2.24. The summed E-state index contributed by atoms with van der Waals surface area (Å²) < 4.78 is 1.79. The van der Waals surface area contributed by atoms with E-state index < -0.39 is 0 Å². The van der Waals surface area contributed by atoms with Crippen molar-refractivity contribution in [2.45, 2.75) is 26.4 Å². The van der Waals surface area contributed by atoms with Crippen LogP contribution in [0.25, 0.3) is 22.5 Å². The molecule has 1 amide bonds. The molecule has 2 N–H and O–H groups in total. The molecule has 8 nitrogen and oxygen atoms in total. The normalized spacial score (nSPS) is 11.8. The Balaban J connectivity index is 1.46. The maximum absolute atomic E-state index is 12.9. The van der Waals surface area contributed by atoms with Crippen molar-refractivity contribution in [1.29, 1.82) is 5.26 Å². The minimum atomic E-state index is -0.234. The molecule has 9 heteroatoms. The molecule has 0 aliphatic heterocycles. The molecule has 0 saturated heterocycles. The first-order chi connectivity index (χ1) is 15.9. The lowest BCUT2D eigenvalue weighted by molar-refractivity contribution is 0.0914. The van der Waals surface area contributed by atoms with Crippen LogP contribution in [-0.4, -0.2) is 36.9 Å². The number of H-pyrrole nitrogens is 1. The predicted molar refractivity (Wildman–Crippen MR) is 125 cm³/mol. The van der Waals surface area contributed by atoms with Crippen LogP contribution in [0.15, 0.2) is 61.1 Å². The van der Waals surface area contributed by atoms with Crippen molar-refractivity contribution < 1.29 is 4.79 Å². The van der Waals surface area contributed by atoms with E-state index in [1.54, 1.807) is 35.3 Å². The molecule has 0 aliphatic rings. The molecule has 0 radical (unpaired) electrons. The first kappa shape index (κ1) is 22.2.